The predicted octanol–water partition coefficient (Wildman–Crippen LogP) is 0.391. The third kappa shape index (κ3) is 1.66. The molecule has 2 N–H and O–H groups in total. The first-order valence-corrected chi connectivity index (χ1v) is 4.55. The quantitative estimate of drug-likeness (QED) is 0.617. The lowest BCUT2D eigenvalue weighted by atomic mass is 10.2. The monoisotopic (exact) mass is 216 g/mol. The number of carbonyl (C=O) groups is 1. The maximum atomic E-state index is 10.9. The zero-order valence-electron chi connectivity index (χ0n) is 8.39. The van der Waals surface area contributed by atoms with Gasteiger partial charge < -0.3 is 24.4 Å². The molecule has 0 saturated carbocycles. The predicted molar refractivity (Wildman–Crippen MR) is 47.1 cm³/mol. The van der Waals surface area contributed by atoms with Crippen molar-refractivity contribution in [3.05, 3.63) is 11.5 Å². The van der Waals surface area contributed by atoms with Crippen molar-refractivity contribution in [2.75, 3.05) is 6.61 Å². The van der Waals surface area contributed by atoms with E-state index in [1.165, 1.54) is 0 Å². The largest absolute Gasteiger partial charge is 0.505 e. The summed E-state index contributed by atoms with van der Waals surface area (Å²) in [5, 5.41) is 18.5. The second-order valence-corrected chi connectivity index (χ2v) is 3.93. The molecule has 2 rings (SSSR count). The van der Waals surface area contributed by atoms with Gasteiger partial charge in [-0.3, -0.25) is 0 Å². The fraction of sp³-hybridized carbons (Fsp3) is 0.667. The van der Waals surface area contributed by atoms with Crippen LogP contribution in [0, 0.1) is 0 Å². The van der Waals surface area contributed by atoms with Gasteiger partial charge in [-0.2, -0.15) is 0 Å². The normalized spacial score (nSPS) is 34.7. The Bertz CT molecular complexity index is 331. The summed E-state index contributed by atoms with van der Waals surface area (Å²) < 4.78 is 15.4. The molecule has 84 valence electrons. The number of hydrogen-bond donors (Lipinski definition) is 2. The van der Waals surface area contributed by atoms with Gasteiger partial charge in [0.2, 0.25) is 5.76 Å². The molecule has 0 radical (unpaired) electrons. The number of ether oxygens (including phenoxy) is 3. The van der Waals surface area contributed by atoms with Crippen molar-refractivity contribution in [3.63, 3.8) is 0 Å². The highest BCUT2D eigenvalue weighted by Crippen LogP contribution is 2.31. The summed E-state index contributed by atoms with van der Waals surface area (Å²) in [4.78, 5) is 10.9. The first-order valence-electron chi connectivity index (χ1n) is 4.55. The van der Waals surface area contributed by atoms with E-state index in [0.717, 1.165) is 0 Å². The third-order valence-corrected chi connectivity index (χ3v) is 2.31. The molecule has 0 bridgehead atoms. The molecule has 2 aliphatic heterocycles. The van der Waals surface area contributed by atoms with Crippen LogP contribution < -0.4 is 0 Å². The second-order valence-electron chi connectivity index (χ2n) is 3.93. The van der Waals surface area contributed by atoms with Gasteiger partial charge in [-0.1, -0.05) is 0 Å². The first kappa shape index (κ1) is 10.3. The van der Waals surface area contributed by atoms with Crippen molar-refractivity contribution in [2.24, 2.45) is 0 Å². The summed E-state index contributed by atoms with van der Waals surface area (Å²) in [6, 6.07) is 0. The average molecular weight is 216 g/mol. The van der Waals surface area contributed by atoms with E-state index in [4.69, 9.17) is 19.3 Å². The molecule has 0 aromatic rings. The lowest BCUT2D eigenvalue weighted by molar-refractivity contribution is -0.163. The molecular formula is C9H12O6. The Morgan fingerprint density at radius 2 is 2.07 bits per heavy atom. The topological polar surface area (TPSA) is 85.2 Å². The third-order valence-electron chi connectivity index (χ3n) is 2.31. The highest BCUT2D eigenvalue weighted by atomic mass is 16.8. The minimum absolute atomic E-state index is 0.197. The van der Waals surface area contributed by atoms with Crippen LogP contribution in [-0.4, -0.2) is 40.8 Å². The first-order chi connectivity index (χ1) is 6.91. The number of rotatable bonds is 1. The number of carbonyl (C=O) groups excluding carboxylic acids is 1. The van der Waals surface area contributed by atoms with E-state index in [2.05, 4.69) is 0 Å². The van der Waals surface area contributed by atoms with Gasteiger partial charge in [-0.15, -0.1) is 0 Å². The van der Waals surface area contributed by atoms with E-state index in [9.17, 15) is 9.90 Å². The highest BCUT2D eigenvalue weighted by Gasteiger charge is 2.46. The number of aliphatic hydroxyl groups is 2. The van der Waals surface area contributed by atoms with Gasteiger partial charge in [0.25, 0.3) is 0 Å². The molecule has 0 amide bonds. The Balaban J connectivity index is 2.12. The molecule has 0 spiro atoms. The lowest BCUT2D eigenvalue weighted by Gasteiger charge is -2.19. The van der Waals surface area contributed by atoms with Crippen LogP contribution in [0.5, 0.6) is 0 Å². The Kier molecular flexibility index (Phi) is 2.13. The highest BCUT2D eigenvalue weighted by molar-refractivity contribution is 5.89. The maximum Gasteiger partial charge on any atom is 0.377 e. The minimum Gasteiger partial charge on any atom is -0.505 e. The van der Waals surface area contributed by atoms with E-state index in [0.29, 0.717) is 0 Å². The SMILES string of the molecule is CC1(C)OC[C@H]([C@@H]2OC(=O)C(O)=C2O)O1. The molecule has 1 fully saturated rings. The average Bonchev–Trinajstić information content (AvgIpc) is 2.62. The summed E-state index contributed by atoms with van der Waals surface area (Å²) >= 11 is 0. The van der Waals surface area contributed by atoms with Gasteiger partial charge in [0, 0.05) is 0 Å². The van der Waals surface area contributed by atoms with E-state index >= 15 is 0 Å². The molecule has 0 aliphatic carbocycles. The molecule has 2 heterocycles. The van der Waals surface area contributed by atoms with Crippen LogP contribution in [-0.2, 0) is 19.0 Å². The van der Waals surface area contributed by atoms with Gasteiger partial charge in [0.15, 0.2) is 17.7 Å². The second kappa shape index (κ2) is 3.11. The molecule has 0 aromatic heterocycles. The van der Waals surface area contributed by atoms with E-state index < -0.39 is 35.5 Å². The number of cyclic esters (lactones) is 1. The molecule has 15 heavy (non-hydrogen) atoms. The van der Waals surface area contributed by atoms with Crippen LogP contribution in [0.2, 0.25) is 0 Å². The Morgan fingerprint density at radius 1 is 1.40 bits per heavy atom. The molecule has 1 saturated heterocycles. The minimum atomic E-state index is -0.973. The lowest BCUT2D eigenvalue weighted by Crippen LogP contribution is -2.32. The van der Waals surface area contributed by atoms with Crippen molar-refractivity contribution in [1.29, 1.82) is 0 Å². The molecule has 6 heteroatoms. The van der Waals surface area contributed by atoms with Crippen molar-refractivity contribution in [1.82, 2.24) is 0 Å². The molecular weight excluding hydrogens is 204 g/mol. The van der Waals surface area contributed by atoms with Crippen LogP contribution in [0.15, 0.2) is 11.5 Å². The van der Waals surface area contributed by atoms with Crippen LogP contribution in [0.1, 0.15) is 13.8 Å². The molecule has 2 aliphatic rings. The maximum absolute atomic E-state index is 10.9. The van der Waals surface area contributed by atoms with Crippen LogP contribution in [0.4, 0.5) is 0 Å². The fourth-order valence-electron chi connectivity index (χ4n) is 1.58. The van der Waals surface area contributed by atoms with E-state index in [1.54, 1.807) is 13.8 Å². The summed E-state index contributed by atoms with van der Waals surface area (Å²) in [5.74, 6) is -2.96. The van der Waals surface area contributed by atoms with Gasteiger partial charge >= 0.3 is 5.97 Å². The zero-order chi connectivity index (χ0) is 11.2. The Morgan fingerprint density at radius 3 is 2.47 bits per heavy atom. The van der Waals surface area contributed by atoms with Crippen LogP contribution in [0.25, 0.3) is 0 Å². The number of aliphatic hydroxyl groups excluding tert-OH is 2. The standard InChI is InChI=1S/C9H12O6/c1-9(2)13-3-4(15-9)7-5(10)6(11)8(12)14-7/h4,7,10-11H,3H2,1-2H3/t4-,7+/m1/s1. The summed E-state index contributed by atoms with van der Waals surface area (Å²) in [7, 11) is 0. The van der Waals surface area contributed by atoms with Crippen molar-refractivity contribution in [3.8, 4) is 0 Å². The molecule has 0 unspecified atom stereocenters. The smallest absolute Gasteiger partial charge is 0.377 e. The summed E-state index contributed by atoms with van der Waals surface area (Å²) in [5.41, 5.74) is 0. The Labute approximate surface area is 86.0 Å². The summed E-state index contributed by atoms with van der Waals surface area (Å²) in [6.45, 7) is 3.62. The Hall–Kier alpha value is -1.27. The fourth-order valence-corrected chi connectivity index (χ4v) is 1.58. The van der Waals surface area contributed by atoms with Crippen molar-refractivity contribution >= 4 is 5.97 Å². The van der Waals surface area contributed by atoms with Gasteiger partial charge in [0.1, 0.15) is 6.10 Å². The van der Waals surface area contributed by atoms with Crippen LogP contribution in [0.3, 0.4) is 0 Å². The molecule has 0 aromatic carbocycles. The van der Waals surface area contributed by atoms with E-state index in [1.807, 2.05) is 0 Å². The number of esters is 1. The van der Waals surface area contributed by atoms with Gasteiger partial charge in [-0.25, -0.2) is 4.79 Å². The number of hydrogen-bond acceptors (Lipinski definition) is 6. The molecule has 2 atom stereocenters. The zero-order valence-corrected chi connectivity index (χ0v) is 8.39. The molecule has 6 nitrogen and oxygen atoms in total. The van der Waals surface area contributed by atoms with E-state index in [-0.39, 0.29) is 6.61 Å². The van der Waals surface area contributed by atoms with Gasteiger partial charge in [-0.05, 0) is 13.8 Å². The van der Waals surface area contributed by atoms with Crippen LogP contribution >= 0.6 is 0 Å². The van der Waals surface area contributed by atoms with Gasteiger partial charge in [0.05, 0.1) is 6.61 Å². The van der Waals surface area contributed by atoms with Crippen molar-refractivity contribution < 1.29 is 29.2 Å². The summed E-state index contributed by atoms with van der Waals surface area (Å²) in [6.07, 6.45) is -1.56. The van der Waals surface area contributed by atoms with Crippen molar-refractivity contribution in [2.45, 2.75) is 31.8 Å².